The van der Waals surface area contributed by atoms with E-state index >= 15 is 0 Å². The maximum absolute atomic E-state index is 11.5. The molecule has 0 unspecified atom stereocenters. The predicted octanol–water partition coefficient (Wildman–Crippen LogP) is 1.55. The second-order valence-corrected chi connectivity index (χ2v) is 5.59. The number of piperidine rings is 1. The zero-order chi connectivity index (χ0) is 16.1. The third kappa shape index (κ3) is 3.85. The molecular weight excluding hydrogens is 302 g/mol. The Kier molecular flexibility index (Phi) is 5.19. The van der Waals surface area contributed by atoms with Gasteiger partial charge in [-0.05, 0) is 19.3 Å². The van der Waals surface area contributed by atoms with Crippen LogP contribution >= 0.6 is 0 Å². The summed E-state index contributed by atoms with van der Waals surface area (Å²) in [5.41, 5.74) is -0.0531. The average Bonchev–Trinajstić information content (AvgIpc) is 3.08. The lowest BCUT2D eigenvalue weighted by Crippen LogP contribution is -2.31. The van der Waals surface area contributed by atoms with E-state index in [1.807, 2.05) is 4.90 Å². The molecule has 23 heavy (non-hydrogen) atoms. The van der Waals surface area contributed by atoms with Gasteiger partial charge in [0.1, 0.15) is 6.33 Å². The number of nitro groups is 1. The first kappa shape index (κ1) is 15.9. The number of hydrogen-bond donors (Lipinski definition) is 1. The Balaban J connectivity index is 1.71. The molecule has 2 saturated heterocycles. The van der Waals surface area contributed by atoms with Crippen LogP contribution in [0.5, 0.6) is 0 Å². The number of nitrogens with one attached hydrogen (secondary N) is 1. The number of ether oxygens (including phenoxy) is 2. The monoisotopic (exact) mass is 323 g/mol. The van der Waals surface area contributed by atoms with Crippen LogP contribution in [0.1, 0.15) is 25.7 Å². The first-order valence-electron chi connectivity index (χ1n) is 7.97. The van der Waals surface area contributed by atoms with Crippen molar-refractivity contribution in [3.05, 3.63) is 16.4 Å². The summed E-state index contributed by atoms with van der Waals surface area (Å²) in [6.45, 7) is 3.26. The lowest BCUT2D eigenvalue weighted by Gasteiger charge is -2.27. The minimum absolute atomic E-state index is 0.0531. The minimum atomic E-state index is -0.408. The van der Waals surface area contributed by atoms with Crippen molar-refractivity contribution in [2.75, 3.05) is 43.1 Å². The van der Waals surface area contributed by atoms with Gasteiger partial charge in [-0.25, -0.2) is 9.97 Å². The molecule has 0 aromatic carbocycles. The van der Waals surface area contributed by atoms with Crippen LogP contribution in [0.25, 0.3) is 0 Å². The molecule has 0 atom stereocenters. The van der Waals surface area contributed by atoms with Gasteiger partial charge in [-0.15, -0.1) is 0 Å². The van der Waals surface area contributed by atoms with E-state index in [0.717, 1.165) is 32.4 Å². The van der Waals surface area contributed by atoms with Crippen molar-refractivity contribution < 1.29 is 14.4 Å². The van der Waals surface area contributed by atoms with E-state index in [2.05, 4.69) is 15.3 Å². The van der Waals surface area contributed by atoms with Gasteiger partial charge in [0.25, 0.3) is 0 Å². The fourth-order valence-electron chi connectivity index (χ4n) is 2.89. The van der Waals surface area contributed by atoms with Crippen molar-refractivity contribution in [1.82, 2.24) is 9.97 Å². The van der Waals surface area contributed by atoms with Gasteiger partial charge in [-0.2, -0.15) is 0 Å². The summed E-state index contributed by atoms with van der Waals surface area (Å²) in [4.78, 5) is 21.3. The molecule has 2 aliphatic rings. The predicted molar refractivity (Wildman–Crippen MR) is 83.5 cm³/mol. The van der Waals surface area contributed by atoms with Crippen LogP contribution in [0.4, 0.5) is 17.3 Å². The maximum Gasteiger partial charge on any atom is 0.353 e. The lowest BCUT2D eigenvalue weighted by atomic mass is 10.1. The topological polar surface area (TPSA) is 103 Å². The molecule has 0 aliphatic carbocycles. The molecule has 0 spiro atoms. The first-order valence-corrected chi connectivity index (χ1v) is 7.97. The Morgan fingerprint density at radius 3 is 2.70 bits per heavy atom. The van der Waals surface area contributed by atoms with Crippen molar-refractivity contribution >= 4 is 17.3 Å². The van der Waals surface area contributed by atoms with Crippen LogP contribution in [0, 0.1) is 10.1 Å². The molecule has 2 aliphatic heterocycles. The van der Waals surface area contributed by atoms with Gasteiger partial charge in [0.05, 0.1) is 18.1 Å². The number of rotatable bonds is 6. The summed E-state index contributed by atoms with van der Waals surface area (Å²) in [5, 5.41) is 14.5. The van der Waals surface area contributed by atoms with Crippen LogP contribution in [-0.4, -0.2) is 54.0 Å². The molecule has 1 N–H and O–H groups in total. The van der Waals surface area contributed by atoms with Crippen LogP contribution in [-0.2, 0) is 9.47 Å². The molecule has 0 bridgehead atoms. The van der Waals surface area contributed by atoms with E-state index < -0.39 is 4.92 Å². The van der Waals surface area contributed by atoms with Crippen molar-refractivity contribution in [2.45, 2.75) is 32.0 Å². The fraction of sp³-hybridized carbons (Fsp3) is 0.714. The highest BCUT2D eigenvalue weighted by Gasteiger charge is 2.28. The molecule has 2 fully saturated rings. The summed E-state index contributed by atoms with van der Waals surface area (Å²) in [7, 11) is 0. The van der Waals surface area contributed by atoms with Gasteiger partial charge in [0.15, 0.2) is 6.29 Å². The summed E-state index contributed by atoms with van der Waals surface area (Å²) in [5.74, 6) is 0.657. The van der Waals surface area contributed by atoms with Crippen molar-refractivity contribution in [2.24, 2.45) is 0 Å². The Bertz CT molecular complexity index is 544. The largest absolute Gasteiger partial charge is 0.364 e. The number of hydrogen-bond acceptors (Lipinski definition) is 8. The Labute approximate surface area is 134 Å². The average molecular weight is 323 g/mol. The van der Waals surface area contributed by atoms with E-state index in [0.29, 0.717) is 32.0 Å². The SMILES string of the molecule is O=[N+]([O-])c1c(NCCC2OCCO2)ncnc1N1CCCCC1. The Hall–Kier alpha value is -2.00. The second-order valence-electron chi connectivity index (χ2n) is 5.59. The molecule has 0 radical (unpaired) electrons. The first-order chi connectivity index (χ1) is 11.3. The highest BCUT2D eigenvalue weighted by Crippen LogP contribution is 2.33. The molecule has 1 aromatic heterocycles. The van der Waals surface area contributed by atoms with E-state index in [4.69, 9.17) is 9.47 Å². The van der Waals surface area contributed by atoms with Gasteiger partial charge in [0.2, 0.25) is 11.6 Å². The van der Waals surface area contributed by atoms with Gasteiger partial charge >= 0.3 is 5.69 Å². The summed E-state index contributed by atoms with van der Waals surface area (Å²) < 4.78 is 10.7. The number of anilines is 2. The second kappa shape index (κ2) is 7.51. The number of nitrogens with zero attached hydrogens (tertiary/aromatic N) is 4. The van der Waals surface area contributed by atoms with Gasteiger partial charge < -0.3 is 19.7 Å². The molecule has 1 aromatic rings. The summed E-state index contributed by atoms with van der Waals surface area (Å²) in [6.07, 6.45) is 4.95. The highest BCUT2D eigenvalue weighted by molar-refractivity contribution is 5.70. The van der Waals surface area contributed by atoms with Crippen LogP contribution in [0.3, 0.4) is 0 Å². The Morgan fingerprint density at radius 2 is 2.00 bits per heavy atom. The van der Waals surface area contributed by atoms with E-state index in [9.17, 15) is 10.1 Å². The van der Waals surface area contributed by atoms with Crippen molar-refractivity contribution in [3.8, 4) is 0 Å². The van der Waals surface area contributed by atoms with Crippen LogP contribution < -0.4 is 10.2 Å². The molecule has 0 amide bonds. The normalized spacial score (nSPS) is 19.0. The fourth-order valence-corrected chi connectivity index (χ4v) is 2.89. The van der Waals surface area contributed by atoms with E-state index in [1.54, 1.807) is 0 Å². The molecule has 3 heterocycles. The molecule has 0 saturated carbocycles. The highest BCUT2D eigenvalue weighted by atomic mass is 16.7. The van der Waals surface area contributed by atoms with E-state index in [1.165, 1.54) is 6.33 Å². The summed E-state index contributed by atoms with van der Waals surface area (Å²) in [6, 6.07) is 0. The standard InChI is InChI=1S/C14H21N5O4/c20-19(21)12-13(15-5-4-11-22-8-9-23-11)16-10-17-14(12)18-6-2-1-3-7-18/h10-11H,1-9H2,(H,15,16,17). The van der Waals surface area contributed by atoms with Crippen LogP contribution in [0.15, 0.2) is 6.33 Å². The van der Waals surface area contributed by atoms with Gasteiger partial charge in [0, 0.05) is 26.1 Å². The molecule has 9 heteroatoms. The quantitative estimate of drug-likeness (QED) is 0.621. The zero-order valence-corrected chi connectivity index (χ0v) is 12.9. The van der Waals surface area contributed by atoms with Crippen LogP contribution in [0.2, 0.25) is 0 Å². The molecule has 126 valence electrons. The molecular formula is C14H21N5O4. The minimum Gasteiger partial charge on any atom is -0.364 e. The zero-order valence-electron chi connectivity index (χ0n) is 12.9. The third-order valence-electron chi connectivity index (χ3n) is 4.00. The molecule has 3 rings (SSSR count). The smallest absolute Gasteiger partial charge is 0.353 e. The molecule has 9 nitrogen and oxygen atoms in total. The third-order valence-corrected chi connectivity index (χ3v) is 4.00. The summed E-state index contributed by atoms with van der Waals surface area (Å²) >= 11 is 0. The van der Waals surface area contributed by atoms with Crippen molar-refractivity contribution in [1.29, 1.82) is 0 Å². The van der Waals surface area contributed by atoms with Gasteiger partial charge in [-0.3, -0.25) is 10.1 Å². The lowest BCUT2D eigenvalue weighted by molar-refractivity contribution is -0.383. The Morgan fingerprint density at radius 1 is 1.26 bits per heavy atom. The van der Waals surface area contributed by atoms with E-state index in [-0.39, 0.29) is 17.8 Å². The van der Waals surface area contributed by atoms with Crippen molar-refractivity contribution in [3.63, 3.8) is 0 Å². The van der Waals surface area contributed by atoms with Gasteiger partial charge in [-0.1, -0.05) is 0 Å². The maximum atomic E-state index is 11.5. The number of aromatic nitrogens is 2.